The van der Waals surface area contributed by atoms with Gasteiger partial charge in [0.2, 0.25) is 0 Å². The Bertz CT molecular complexity index is 380. The smallest absolute Gasteiger partial charge is 0.168 e. The van der Waals surface area contributed by atoms with Crippen LogP contribution in [0.3, 0.4) is 0 Å². The zero-order chi connectivity index (χ0) is 10.8. The second-order valence-electron chi connectivity index (χ2n) is 3.38. The number of nitrogens with zero attached hydrogens (tertiary/aromatic N) is 1. The Labute approximate surface area is 81.4 Å². The molecule has 1 aromatic heterocycles. The van der Waals surface area contributed by atoms with Crippen molar-refractivity contribution in [2.45, 2.75) is 19.4 Å². The molecule has 1 rings (SSSR count). The topological polar surface area (TPSA) is 24.9 Å². The second-order valence-corrected chi connectivity index (χ2v) is 3.38. The van der Waals surface area contributed by atoms with Crippen molar-refractivity contribution in [3.63, 3.8) is 0 Å². The molecule has 1 N–H and O–H groups in total. The van der Waals surface area contributed by atoms with Gasteiger partial charge in [0, 0.05) is 6.07 Å². The third kappa shape index (κ3) is 2.43. The summed E-state index contributed by atoms with van der Waals surface area (Å²) in [4.78, 5) is 3.55. The Balaban J connectivity index is 2.94. The molecule has 1 heterocycles. The van der Waals surface area contributed by atoms with Gasteiger partial charge in [0.25, 0.3) is 0 Å². The van der Waals surface area contributed by atoms with Gasteiger partial charge in [-0.05, 0) is 13.8 Å². The third-order valence-electron chi connectivity index (χ3n) is 1.60. The van der Waals surface area contributed by atoms with Crippen molar-refractivity contribution in [2.24, 2.45) is 0 Å². The number of hydrogen-bond donors (Lipinski definition) is 1. The van der Waals surface area contributed by atoms with E-state index in [4.69, 9.17) is 6.42 Å². The van der Waals surface area contributed by atoms with Crippen LogP contribution in [-0.2, 0) is 0 Å². The van der Waals surface area contributed by atoms with Crippen molar-refractivity contribution in [3.8, 4) is 12.3 Å². The van der Waals surface area contributed by atoms with Gasteiger partial charge in [-0.1, -0.05) is 5.92 Å². The summed E-state index contributed by atoms with van der Waals surface area (Å²) in [6, 6.07) is 0.752. The van der Waals surface area contributed by atoms with E-state index in [2.05, 4.69) is 16.2 Å². The first kappa shape index (κ1) is 10.5. The molecule has 0 bridgehead atoms. The van der Waals surface area contributed by atoms with E-state index in [1.807, 2.05) is 0 Å². The Hall–Kier alpha value is -1.63. The molecule has 0 spiro atoms. The van der Waals surface area contributed by atoms with Crippen molar-refractivity contribution in [1.82, 2.24) is 4.98 Å². The molecule has 14 heavy (non-hydrogen) atoms. The SMILES string of the molecule is C#CC(C)(C)Nc1ncc(F)cc1F. The van der Waals surface area contributed by atoms with Crippen LogP contribution in [0.2, 0.25) is 0 Å². The summed E-state index contributed by atoms with van der Waals surface area (Å²) in [5.41, 5.74) is -0.717. The van der Waals surface area contributed by atoms with E-state index in [1.54, 1.807) is 13.8 Å². The number of pyridine rings is 1. The van der Waals surface area contributed by atoms with Crippen LogP contribution in [0, 0.1) is 24.0 Å². The van der Waals surface area contributed by atoms with Gasteiger partial charge in [-0.15, -0.1) is 6.42 Å². The number of nitrogens with one attached hydrogen (secondary N) is 1. The number of hydrogen-bond acceptors (Lipinski definition) is 2. The normalized spacial score (nSPS) is 10.8. The summed E-state index contributed by atoms with van der Waals surface area (Å²) in [6.45, 7) is 3.38. The van der Waals surface area contributed by atoms with Crippen molar-refractivity contribution in [2.75, 3.05) is 5.32 Å². The molecule has 2 nitrogen and oxygen atoms in total. The van der Waals surface area contributed by atoms with E-state index in [1.165, 1.54) is 0 Å². The molecule has 0 atom stereocenters. The molecule has 0 radical (unpaired) electrons. The van der Waals surface area contributed by atoms with E-state index in [0.717, 1.165) is 12.3 Å². The number of rotatable bonds is 2. The highest BCUT2D eigenvalue weighted by atomic mass is 19.1. The summed E-state index contributed by atoms with van der Waals surface area (Å²) in [6.07, 6.45) is 6.13. The van der Waals surface area contributed by atoms with Gasteiger partial charge in [0.1, 0.15) is 5.82 Å². The van der Waals surface area contributed by atoms with Crippen LogP contribution >= 0.6 is 0 Å². The summed E-state index contributed by atoms with van der Waals surface area (Å²) < 4.78 is 25.6. The summed E-state index contributed by atoms with van der Waals surface area (Å²) >= 11 is 0. The maximum atomic E-state index is 13.1. The van der Waals surface area contributed by atoms with Gasteiger partial charge in [0.15, 0.2) is 11.6 Å². The summed E-state index contributed by atoms with van der Waals surface area (Å²) in [5.74, 6) is 0.901. The average Bonchev–Trinajstić information content (AvgIpc) is 2.10. The van der Waals surface area contributed by atoms with Crippen LogP contribution in [0.5, 0.6) is 0 Å². The fraction of sp³-hybridized carbons (Fsp3) is 0.300. The van der Waals surface area contributed by atoms with Gasteiger partial charge >= 0.3 is 0 Å². The Morgan fingerprint density at radius 1 is 1.50 bits per heavy atom. The minimum Gasteiger partial charge on any atom is -0.352 e. The first-order valence-electron chi connectivity index (χ1n) is 4.01. The molecule has 0 unspecified atom stereocenters. The molecular formula is C10H10F2N2. The van der Waals surface area contributed by atoms with Crippen molar-refractivity contribution in [3.05, 3.63) is 23.9 Å². The molecule has 0 amide bonds. The summed E-state index contributed by atoms with van der Waals surface area (Å²) in [7, 11) is 0. The molecule has 0 saturated carbocycles. The van der Waals surface area contributed by atoms with E-state index in [0.29, 0.717) is 0 Å². The fourth-order valence-corrected chi connectivity index (χ4v) is 0.839. The van der Waals surface area contributed by atoms with Gasteiger partial charge in [-0.25, -0.2) is 13.8 Å². The first-order chi connectivity index (χ1) is 6.44. The van der Waals surface area contributed by atoms with Crippen LogP contribution in [0.1, 0.15) is 13.8 Å². The van der Waals surface area contributed by atoms with Crippen LogP contribution < -0.4 is 5.32 Å². The fourth-order valence-electron chi connectivity index (χ4n) is 0.839. The molecular weight excluding hydrogens is 186 g/mol. The largest absolute Gasteiger partial charge is 0.352 e. The lowest BCUT2D eigenvalue weighted by atomic mass is 10.1. The number of aromatic nitrogens is 1. The van der Waals surface area contributed by atoms with Crippen molar-refractivity contribution >= 4 is 5.82 Å². The molecule has 74 valence electrons. The average molecular weight is 196 g/mol. The van der Waals surface area contributed by atoms with Crippen LogP contribution in [0.25, 0.3) is 0 Å². The van der Waals surface area contributed by atoms with Crippen molar-refractivity contribution < 1.29 is 8.78 Å². The lowest BCUT2D eigenvalue weighted by Gasteiger charge is -2.20. The minimum absolute atomic E-state index is 0.0469. The highest BCUT2D eigenvalue weighted by Crippen LogP contribution is 2.16. The Kier molecular flexibility index (Phi) is 2.70. The number of halogens is 2. The molecule has 0 aromatic carbocycles. The van der Waals surface area contributed by atoms with Gasteiger partial charge in [-0.2, -0.15) is 0 Å². The molecule has 4 heteroatoms. The van der Waals surface area contributed by atoms with Crippen molar-refractivity contribution in [1.29, 1.82) is 0 Å². The van der Waals surface area contributed by atoms with E-state index < -0.39 is 17.2 Å². The van der Waals surface area contributed by atoms with Gasteiger partial charge < -0.3 is 5.32 Å². The number of terminal acetylenes is 1. The van der Waals surface area contributed by atoms with Gasteiger partial charge in [0.05, 0.1) is 11.7 Å². The molecule has 0 aliphatic heterocycles. The van der Waals surface area contributed by atoms with Crippen LogP contribution in [0.15, 0.2) is 12.3 Å². The quantitative estimate of drug-likeness (QED) is 0.733. The maximum absolute atomic E-state index is 13.1. The summed E-state index contributed by atoms with van der Waals surface area (Å²) in [5, 5.41) is 2.67. The van der Waals surface area contributed by atoms with E-state index in [-0.39, 0.29) is 5.82 Å². The molecule has 0 aliphatic carbocycles. The third-order valence-corrected chi connectivity index (χ3v) is 1.60. The van der Waals surface area contributed by atoms with Crippen LogP contribution in [0.4, 0.5) is 14.6 Å². The van der Waals surface area contributed by atoms with Crippen LogP contribution in [-0.4, -0.2) is 10.5 Å². The van der Waals surface area contributed by atoms with E-state index >= 15 is 0 Å². The standard InChI is InChI=1S/C10H10F2N2/c1-4-10(2,3)14-9-8(12)5-7(11)6-13-9/h1,5-6H,2-3H3,(H,13,14). The maximum Gasteiger partial charge on any atom is 0.168 e. The molecule has 1 aromatic rings. The highest BCUT2D eigenvalue weighted by Gasteiger charge is 2.16. The zero-order valence-corrected chi connectivity index (χ0v) is 7.94. The second kappa shape index (κ2) is 3.62. The lowest BCUT2D eigenvalue weighted by molar-refractivity contribution is 0.571. The highest BCUT2D eigenvalue weighted by molar-refractivity contribution is 5.41. The van der Waals surface area contributed by atoms with E-state index in [9.17, 15) is 8.78 Å². The zero-order valence-electron chi connectivity index (χ0n) is 7.94. The molecule has 0 saturated heterocycles. The Morgan fingerprint density at radius 3 is 2.64 bits per heavy atom. The number of anilines is 1. The Morgan fingerprint density at radius 2 is 2.14 bits per heavy atom. The van der Waals surface area contributed by atoms with Gasteiger partial charge in [-0.3, -0.25) is 0 Å². The monoisotopic (exact) mass is 196 g/mol. The molecule has 0 fully saturated rings. The predicted molar refractivity (Wildman–Crippen MR) is 50.7 cm³/mol. The lowest BCUT2D eigenvalue weighted by Crippen LogP contribution is -2.29. The first-order valence-corrected chi connectivity index (χ1v) is 4.01. The minimum atomic E-state index is -0.756. The predicted octanol–water partition coefficient (Wildman–Crippen LogP) is 2.18. The molecule has 0 aliphatic rings.